The van der Waals surface area contributed by atoms with Gasteiger partial charge in [0.1, 0.15) is 11.3 Å². The lowest BCUT2D eigenvalue weighted by molar-refractivity contribution is -0.145. The summed E-state index contributed by atoms with van der Waals surface area (Å²) in [5.41, 5.74) is -2.63. The fourth-order valence-corrected chi connectivity index (χ4v) is 3.36. The Balaban J connectivity index is 3.27. The molecule has 0 bridgehead atoms. The second kappa shape index (κ2) is 8.94. The van der Waals surface area contributed by atoms with Crippen LogP contribution in [0.15, 0.2) is 11.3 Å². The Hall–Kier alpha value is -1.49. The van der Waals surface area contributed by atoms with Gasteiger partial charge in [0.15, 0.2) is 23.0 Å². The fraction of sp³-hybridized carbons (Fsp3) is 0.762. The van der Waals surface area contributed by atoms with Gasteiger partial charge < -0.3 is 10.2 Å². The molecule has 0 saturated heterocycles. The molecule has 0 aromatic rings. The second-order valence-electron chi connectivity index (χ2n) is 8.75. The average molecular weight is 366 g/mol. The van der Waals surface area contributed by atoms with Crippen molar-refractivity contribution in [2.24, 2.45) is 23.7 Å². The van der Waals surface area contributed by atoms with Gasteiger partial charge in [0.25, 0.3) is 0 Å². The molecule has 0 fully saturated rings. The predicted molar refractivity (Wildman–Crippen MR) is 101 cm³/mol. The molecule has 0 amide bonds. The first-order chi connectivity index (χ1) is 11.9. The molecule has 0 aromatic heterocycles. The molecule has 0 saturated carbocycles. The van der Waals surface area contributed by atoms with E-state index in [-0.39, 0.29) is 42.6 Å². The summed E-state index contributed by atoms with van der Waals surface area (Å²) in [5, 5.41) is 21.7. The molecular formula is C21H34O5. The van der Waals surface area contributed by atoms with Crippen LogP contribution in [0.25, 0.3) is 0 Å². The van der Waals surface area contributed by atoms with Crippen LogP contribution >= 0.6 is 0 Å². The minimum atomic E-state index is -2.26. The number of rotatable bonds is 10. The zero-order valence-electron chi connectivity index (χ0n) is 17.0. The highest BCUT2D eigenvalue weighted by molar-refractivity contribution is 6.25. The van der Waals surface area contributed by atoms with Crippen LogP contribution < -0.4 is 0 Å². The first kappa shape index (κ1) is 22.6. The number of carbonyl (C=O) groups excluding carboxylic acids is 3. The summed E-state index contributed by atoms with van der Waals surface area (Å²) in [6.07, 6.45) is 1.60. The van der Waals surface area contributed by atoms with E-state index in [4.69, 9.17) is 0 Å². The fourth-order valence-electron chi connectivity index (χ4n) is 3.36. The number of Topliss-reactive ketones (excluding diaryl/α,β-unsaturated/α-hetero) is 3. The number of allylic oxidation sites excluding steroid dienone is 1. The molecule has 0 aromatic carbocycles. The van der Waals surface area contributed by atoms with Crippen molar-refractivity contribution < 1.29 is 24.6 Å². The largest absolute Gasteiger partial charge is 0.508 e. The number of ketones is 3. The quantitative estimate of drug-likeness (QED) is 0.574. The first-order valence-electron chi connectivity index (χ1n) is 9.69. The summed E-state index contributed by atoms with van der Waals surface area (Å²) >= 11 is 0. The lowest BCUT2D eigenvalue weighted by Crippen LogP contribution is -2.47. The predicted octanol–water partition coefficient (Wildman–Crippen LogP) is 3.79. The summed E-state index contributed by atoms with van der Waals surface area (Å²) in [6, 6.07) is 0. The lowest BCUT2D eigenvalue weighted by Gasteiger charge is -2.28. The van der Waals surface area contributed by atoms with Crippen LogP contribution in [-0.2, 0) is 14.4 Å². The van der Waals surface area contributed by atoms with Gasteiger partial charge in [-0.25, -0.2) is 0 Å². The van der Waals surface area contributed by atoms with Crippen LogP contribution in [-0.4, -0.2) is 33.2 Å². The summed E-state index contributed by atoms with van der Waals surface area (Å²) in [6.45, 7) is 11.6. The summed E-state index contributed by atoms with van der Waals surface area (Å²) in [4.78, 5) is 38.1. The number of hydrogen-bond acceptors (Lipinski definition) is 5. The van der Waals surface area contributed by atoms with Gasteiger partial charge in [0.2, 0.25) is 0 Å². The molecule has 0 heterocycles. The number of hydrogen-bond donors (Lipinski definition) is 2. The molecular weight excluding hydrogens is 332 g/mol. The van der Waals surface area contributed by atoms with Gasteiger partial charge in [-0.1, -0.05) is 48.0 Å². The summed E-state index contributed by atoms with van der Waals surface area (Å²) in [7, 11) is 0. The lowest BCUT2D eigenvalue weighted by atomic mass is 9.79. The molecule has 1 unspecified atom stereocenters. The van der Waals surface area contributed by atoms with Crippen molar-refractivity contribution in [3.63, 3.8) is 0 Å². The molecule has 26 heavy (non-hydrogen) atoms. The van der Waals surface area contributed by atoms with Crippen LogP contribution in [0.3, 0.4) is 0 Å². The Morgan fingerprint density at radius 3 is 2.00 bits per heavy atom. The third-order valence-corrected chi connectivity index (χ3v) is 4.94. The van der Waals surface area contributed by atoms with E-state index in [2.05, 4.69) is 0 Å². The van der Waals surface area contributed by atoms with Crippen molar-refractivity contribution in [3.8, 4) is 0 Å². The van der Waals surface area contributed by atoms with Crippen LogP contribution in [0.5, 0.6) is 0 Å². The van der Waals surface area contributed by atoms with E-state index in [0.29, 0.717) is 12.8 Å². The number of aliphatic hydroxyl groups excluding tert-OH is 1. The maximum absolute atomic E-state index is 12.9. The monoisotopic (exact) mass is 366 g/mol. The van der Waals surface area contributed by atoms with Gasteiger partial charge in [0, 0.05) is 12.8 Å². The van der Waals surface area contributed by atoms with E-state index >= 15 is 0 Å². The first-order valence-corrected chi connectivity index (χ1v) is 9.69. The van der Waals surface area contributed by atoms with E-state index in [1.165, 1.54) is 0 Å². The van der Waals surface area contributed by atoms with Gasteiger partial charge in [-0.2, -0.15) is 0 Å². The Labute approximate surface area is 156 Å². The minimum absolute atomic E-state index is 0.00931. The van der Waals surface area contributed by atoms with E-state index in [9.17, 15) is 24.6 Å². The highest BCUT2D eigenvalue weighted by Crippen LogP contribution is 2.42. The van der Waals surface area contributed by atoms with Gasteiger partial charge in [-0.3, -0.25) is 14.4 Å². The zero-order chi connectivity index (χ0) is 20.2. The third-order valence-electron chi connectivity index (χ3n) is 4.94. The molecule has 5 nitrogen and oxygen atoms in total. The second-order valence-corrected chi connectivity index (χ2v) is 8.75. The van der Waals surface area contributed by atoms with E-state index in [1.807, 2.05) is 41.5 Å². The highest BCUT2D eigenvalue weighted by atomic mass is 16.3. The molecule has 1 rings (SSSR count). The van der Waals surface area contributed by atoms with Gasteiger partial charge in [-0.05, 0) is 30.6 Å². The van der Waals surface area contributed by atoms with Crippen molar-refractivity contribution in [2.75, 3.05) is 0 Å². The molecule has 0 spiro atoms. The van der Waals surface area contributed by atoms with Crippen molar-refractivity contribution >= 4 is 17.3 Å². The SMILES string of the molecule is CC(C)CCC(=O)[C@@]1(O)C(O)=C(C(=O)CC(C)C)C(=O)C1CCC(C)C. The molecule has 0 radical (unpaired) electrons. The minimum Gasteiger partial charge on any atom is -0.508 e. The number of aliphatic hydroxyl groups is 2. The average Bonchev–Trinajstić information content (AvgIpc) is 2.69. The Morgan fingerprint density at radius 2 is 1.54 bits per heavy atom. The van der Waals surface area contributed by atoms with Gasteiger partial charge in [0.05, 0.1) is 5.92 Å². The van der Waals surface area contributed by atoms with E-state index in [1.54, 1.807) is 0 Å². The van der Waals surface area contributed by atoms with Crippen molar-refractivity contribution in [2.45, 2.75) is 79.2 Å². The highest BCUT2D eigenvalue weighted by Gasteiger charge is 2.58. The number of carbonyl (C=O) groups is 3. The maximum atomic E-state index is 12.9. The standard InChI is InChI=1S/C21H34O5/c1-12(2)7-9-15-19(24)18(16(22)11-14(5)6)20(25)21(15,26)17(23)10-8-13(3)4/h12-15,25-26H,7-11H2,1-6H3/t15?,21-/m1/s1. The van der Waals surface area contributed by atoms with Crippen LogP contribution in [0, 0.1) is 23.7 Å². The molecule has 2 atom stereocenters. The molecule has 2 N–H and O–H groups in total. The Morgan fingerprint density at radius 1 is 1.00 bits per heavy atom. The smallest absolute Gasteiger partial charge is 0.190 e. The summed E-state index contributed by atoms with van der Waals surface area (Å²) < 4.78 is 0. The third kappa shape index (κ3) is 4.81. The van der Waals surface area contributed by atoms with Gasteiger partial charge >= 0.3 is 0 Å². The van der Waals surface area contributed by atoms with Crippen molar-refractivity contribution in [1.29, 1.82) is 0 Å². The van der Waals surface area contributed by atoms with E-state index < -0.39 is 34.6 Å². The molecule has 148 valence electrons. The molecule has 1 aliphatic rings. The van der Waals surface area contributed by atoms with Gasteiger partial charge in [-0.15, -0.1) is 0 Å². The topological polar surface area (TPSA) is 91.7 Å². The van der Waals surface area contributed by atoms with Crippen LogP contribution in [0.1, 0.15) is 73.6 Å². The maximum Gasteiger partial charge on any atom is 0.190 e. The van der Waals surface area contributed by atoms with Crippen molar-refractivity contribution in [1.82, 2.24) is 0 Å². The molecule has 5 heteroatoms. The van der Waals surface area contributed by atoms with E-state index in [0.717, 1.165) is 0 Å². The Kier molecular flexibility index (Phi) is 7.75. The van der Waals surface area contributed by atoms with Crippen molar-refractivity contribution in [3.05, 3.63) is 11.3 Å². The zero-order valence-corrected chi connectivity index (χ0v) is 17.0. The van der Waals surface area contributed by atoms with Crippen LogP contribution in [0.2, 0.25) is 0 Å². The van der Waals surface area contributed by atoms with Crippen LogP contribution in [0.4, 0.5) is 0 Å². The normalized spacial score (nSPS) is 23.6. The molecule has 0 aliphatic heterocycles. The Bertz CT molecular complexity index is 585. The molecule has 1 aliphatic carbocycles. The summed E-state index contributed by atoms with van der Waals surface area (Å²) in [5.74, 6) is -2.92.